The van der Waals surface area contributed by atoms with Crippen molar-refractivity contribution in [2.75, 3.05) is 12.3 Å². The van der Waals surface area contributed by atoms with Gasteiger partial charge in [0.1, 0.15) is 5.82 Å². The molecular formula is C20H28N4OS2. The van der Waals surface area contributed by atoms with Crippen molar-refractivity contribution in [1.82, 2.24) is 20.1 Å². The molecule has 1 saturated carbocycles. The third kappa shape index (κ3) is 4.40. The summed E-state index contributed by atoms with van der Waals surface area (Å²) in [6.45, 7) is 2.99. The smallest absolute Gasteiger partial charge is 0.233 e. The van der Waals surface area contributed by atoms with E-state index in [-0.39, 0.29) is 11.9 Å². The lowest BCUT2D eigenvalue weighted by Gasteiger charge is -2.35. The number of aromatic amines is 1. The van der Waals surface area contributed by atoms with Crippen molar-refractivity contribution >= 4 is 29.0 Å². The summed E-state index contributed by atoms with van der Waals surface area (Å²) in [5, 5.41) is 10.2. The maximum absolute atomic E-state index is 12.8. The fourth-order valence-electron chi connectivity index (χ4n) is 4.44. The highest BCUT2D eigenvalue weighted by Crippen LogP contribution is 2.35. The molecule has 146 valence electrons. The Hall–Kier alpha value is -1.34. The van der Waals surface area contributed by atoms with Crippen LogP contribution in [-0.2, 0) is 17.6 Å². The van der Waals surface area contributed by atoms with Crippen LogP contribution in [0.5, 0.6) is 0 Å². The number of amides is 1. The number of aromatic nitrogens is 3. The quantitative estimate of drug-likeness (QED) is 0.684. The topological polar surface area (TPSA) is 61.9 Å². The lowest BCUT2D eigenvalue weighted by molar-refractivity contribution is -0.131. The number of fused-ring (bicyclic) bond motifs is 1. The number of thioether (sulfide) groups is 1. The molecule has 0 aromatic carbocycles. The highest BCUT2D eigenvalue weighted by Gasteiger charge is 2.30. The summed E-state index contributed by atoms with van der Waals surface area (Å²) in [4.78, 5) is 20.9. The standard InChI is InChI=1S/C20H28N4OS2/c1-2-16-15-10-12-26-17(15)9-11-24(16)19(25)13-27-20-21-18(22-23-20)8-7-14-5-3-4-6-14/h10,12,14,16H,2-9,11,13H2,1H3,(H,21,22,23). The van der Waals surface area contributed by atoms with Crippen LogP contribution in [0.2, 0.25) is 0 Å². The Kier molecular flexibility index (Phi) is 6.18. The minimum Gasteiger partial charge on any atom is -0.335 e. The second-order valence-corrected chi connectivity index (χ2v) is 9.55. The first kappa shape index (κ1) is 19.0. The number of rotatable bonds is 7. The van der Waals surface area contributed by atoms with E-state index in [1.165, 1.54) is 54.3 Å². The van der Waals surface area contributed by atoms with E-state index in [2.05, 4.69) is 38.5 Å². The zero-order valence-electron chi connectivity index (χ0n) is 15.9. The molecule has 0 saturated heterocycles. The Morgan fingerprint density at radius 2 is 2.26 bits per heavy atom. The maximum atomic E-state index is 12.8. The van der Waals surface area contributed by atoms with Crippen molar-refractivity contribution in [1.29, 1.82) is 0 Å². The molecule has 1 atom stereocenters. The summed E-state index contributed by atoms with van der Waals surface area (Å²) in [5.41, 5.74) is 1.35. The molecule has 2 aromatic heterocycles. The molecule has 3 heterocycles. The number of nitrogens with zero attached hydrogens (tertiary/aromatic N) is 3. The second-order valence-electron chi connectivity index (χ2n) is 7.60. The Bertz CT molecular complexity index is 766. The van der Waals surface area contributed by atoms with Gasteiger partial charge in [-0.25, -0.2) is 4.98 Å². The van der Waals surface area contributed by atoms with Crippen LogP contribution in [-0.4, -0.2) is 38.3 Å². The minimum atomic E-state index is 0.195. The number of aryl methyl sites for hydroxylation is 1. The van der Waals surface area contributed by atoms with Gasteiger partial charge >= 0.3 is 0 Å². The maximum Gasteiger partial charge on any atom is 0.233 e. The number of carbonyl (C=O) groups excluding carboxylic acids is 1. The fourth-order valence-corrected chi connectivity index (χ4v) is 6.07. The first-order valence-electron chi connectivity index (χ1n) is 10.1. The van der Waals surface area contributed by atoms with E-state index >= 15 is 0 Å². The SMILES string of the molecule is CCC1c2ccsc2CCN1C(=O)CSc1n[nH]c(CCC2CCCC2)n1. The molecule has 2 aromatic rings. The van der Waals surface area contributed by atoms with E-state index < -0.39 is 0 Å². The van der Waals surface area contributed by atoms with Crippen LogP contribution in [0.1, 0.15) is 67.8 Å². The minimum absolute atomic E-state index is 0.195. The van der Waals surface area contributed by atoms with Crippen LogP contribution in [0.3, 0.4) is 0 Å². The Morgan fingerprint density at radius 1 is 1.41 bits per heavy atom. The number of nitrogens with one attached hydrogen (secondary N) is 1. The lowest BCUT2D eigenvalue weighted by atomic mass is 9.98. The monoisotopic (exact) mass is 404 g/mol. The molecule has 0 spiro atoms. The van der Waals surface area contributed by atoms with Crippen molar-refractivity contribution in [3.05, 3.63) is 27.7 Å². The average molecular weight is 405 g/mol. The fraction of sp³-hybridized carbons (Fsp3) is 0.650. The van der Waals surface area contributed by atoms with Crippen molar-refractivity contribution in [3.8, 4) is 0 Å². The van der Waals surface area contributed by atoms with E-state index in [1.807, 2.05) is 11.3 Å². The van der Waals surface area contributed by atoms with Gasteiger partial charge < -0.3 is 4.90 Å². The first-order chi connectivity index (χ1) is 13.2. The molecule has 1 unspecified atom stereocenters. The molecule has 4 rings (SSSR count). The van der Waals surface area contributed by atoms with Gasteiger partial charge in [-0.1, -0.05) is 44.4 Å². The van der Waals surface area contributed by atoms with Gasteiger partial charge in [0.2, 0.25) is 11.1 Å². The van der Waals surface area contributed by atoms with Crippen LogP contribution < -0.4 is 0 Å². The molecule has 1 aliphatic heterocycles. The van der Waals surface area contributed by atoms with Gasteiger partial charge in [-0.2, -0.15) is 0 Å². The molecule has 0 bridgehead atoms. The van der Waals surface area contributed by atoms with Gasteiger partial charge in [-0.3, -0.25) is 9.89 Å². The molecule has 1 N–H and O–H groups in total. The van der Waals surface area contributed by atoms with Gasteiger partial charge in [0.15, 0.2) is 0 Å². The normalized spacial score (nSPS) is 20.2. The van der Waals surface area contributed by atoms with Gasteiger partial charge in [0.25, 0.3) is 0 Å². The average Bonchev–Trinajstić information content (AvgIpc) is 3.44. The van der Waals surface area contributed by atoms with Crippen molar-refractivity contribution < 1.29 is 4.79 Å². The number of hydrogen-bond donors (Lipinski definition) is 1. The van der Waals surface area contributed by atoms with Crippen molar-refractivity contribution in [2.45, 2.75) is 69.5 Å². The number of thiophene rings is 1. The van der Waals surface area contributed by atoms with E-state index in [1.54, 1.807) is 0 Å². The van der Waals surface area contributed by atoms with E-state index in [9.17, 15) is 4.79 Å². The summed E-state index contributed by atoms with van der Waals surface area (Å²) < 4.78 is 0. The summed E-state index contributed by atoms with van der Waals surface area (Å²) in [6, 6.07) is 2.41. The first-order valence-corrected chi connectivity index (χ1v) is 12.0. The predicted molar refractivity (Wildman–Crippen MR) is 110 cm³/mol. The molecule has 1 amide bonds. The zero-order chi connectivity index (χ0) is 18.6. The predicted octanol–water partition coefficient (Wildman–Crippen LogP) is 4.62. The molecule has 1 aliphatic carbocycles. The van der Waals surface area contributed by atoms with Crippen LogP contribution in [0.15, 0.2) is 16.6 Å². The van der Waals surface area contributed by atoms with Crippen LogP contribution in [0.4, 0.5) is 0 Å². The highest BCUT2D eigenvalue weighted by atomic mass is 32.2. The van der Waals surface area contributed by atoms with Crippen molar-refractivity contribution in [2.24, 2.45) is 5.92 Å². The summed E-state index contributed by atoms with van der Waals surface area (Å²) >= 11 is 3.27. The number of carbonyl (C=O) groups is 1. The highest BCUT2D eigenvalue weighted by molar-refractivity contribution is 7.99. The number of H-pyrrole nitrogens is 1. The summed E-state index contributed by atoms with van der Waals surface area (Å²) in [5.74, 6) is 2.43. The molecule has 7 heteroatoms. The van der Waals surface area contributed by atoms with Crippen LogP contribution in [0.25, 0.3) is 0 Å². The molecule has 5 nitrogen and oxygen atoms in total. The Balaban J connectivity index is 1.29. The second kappa shape index (κ2) is 8.78. The largest absolute Gasteiger partial charge is 0.335 e. The summed E-state index contributed by atoms with van der Waals surface area (Å²) in [6.07, 6.45) is 9.61. The third-order valence-electron chi connectivity index (χ3n) is 5.90. The Morgan fingerprint density at radius 3 is 3.07 bits per heavy atom. The third-order valence-corrected chi connectivity index (χ3v) is 7.73. The van der Waals surface area contributed by atoms with Crippen LogP contribution >= 0.6 is 23.1 Å². The zero-order valence-corrected chi connectivity index (χ0v) is 17.6. The Labute approximate surface area is 169 Å². The van der Waals surface area contributed by atoms with Gasteiger partial charge in [0.05, 0.1) is 11.8 Å². The van der Waals surface area contributed by atoms with E-state index in [0.717, 1.165) is 37.5 Å². The van der Waals surface area contributed by atoms with E-state index in [0.29, 0.717) is 10.9 Å². The van der Waals surface area contributed by atoms with Gasteiger partial charge in [-0.15, -0.1) is 16.4 Å². The molecule has 27 heavy (non-hydrogen) atoms. The number of hydrogen-bond acceptors (Lipinski definition) is 5. The van der Waals surface area contributed by atoms with Crippen molar-refractivity contribution in [3.63, 3.8) is 0 Å². The van der Waals surface area contributed by atoms with Gasteiger partial charge in [-0.05, 0) is 42.2 Å². The van der Waals surface area contributed by atoms with E-state index in [4.69, 9.17) is 0 Å². The van der Waals surface area contributed by atoms with Gasteiger partial charge in [0, 0.05) is 17.8 Å². The molecule has 2 aliphatic rings. The lowest BCUT2D eigenvalue weighted by Crippen LogP contribution is -2.40. The van der Waals surface area contributed by atoms with Crippen LogP contribution in [0, 0.1) is 5.92 Å². The molecule has 1 fully saturated rings. The molecular weight excluding hydrogens is 376 g/mol. The molecule has 0 radical (unpaired) electrons. The summed E-state index contributed by atoms with van der Waals surface area (Å²) in [7, 11) is 0.